The fraction of sp³-hybridized carbons (Fsp3) is 0.400. The fourth-order valence-electron chi connectivity index (χ4n) is 1.02. The van der Waals surface area contributed by atoms with Crippen molar-refractivity contribution in [1.29, 1.82) is 0 Å². The molecule has 0 spiro atoms. The maximum Gasteiger partial charge on any atom is 0.241 e. The monoisotopic (exact) mass is 289 g/mol. The van der Waals surface area contributed by atoms with E-state index >= 15 is 0 Å². The summed E-state index contributed by atoms with van der Waals surface area (Å²) in [5, 5.41) is 2.66. The molecular formula is C10H13BrFN3O. The van der Waals surface area contributed by atoms with Gasteiger partial charge in [-0.2, -0.15) is 0 Å². The van der Waals surface area contributed by atoms with E-state index < -0.39 is 5.82 Å². The van der Waals surface area contributed by atoms with Crippen LogP contribution >= 0.6 is 15.9 Å². The smallest absolute Gasteiger partial charge is 0.241 e. The van der Waals surface area contributed by atoms with Gasteiger partial charge >= 0.3 is 0 Å². The van der Waals surface area contributed by atoms with E-state index in [0.717, 1.165) is 0 Å². The molecule has 1 aromatic rings. The van der Waals surface area contributed by atoms with Crippen LogP contribution in [0.1, 0.15) is 6.92 Å². The quantitative estimate of drug-likeness (QED) is 0.920. The van der Waals surface area contributed by atoms with Gasteiger partial charge in [0.2, 0.25) is 5.91 Å². The Kier molecular flexibility index (Phi) is 4.67. The molecule has 1 aromatic heterocycles. The maximum atomic E-state index is 13.3. The normalized spacial score (nSPS) is 10.0. The van der Waals surface area contributed by atoms with Gasteiger partial charge in [0, 0.05) is 24.3 Å². The van der Waals surface area contributed by atoms with Crippen molar-refractivity contribution in [2.24, 2.45) is 0 Å². The Morgan fingerprint density at radius 2 is 2.38 bits per heavy atom. The van der Waals surface area contributed by atoms with Gasteiger partial charge in [0.1, 0.15) is 0 Å². The molecule has 0 aliphatic carbocycles. The minimum Gasteiger partial charge on any atom is -0.359 e. The van der Waals surface area contributed by atoms with Crippen LogP contribution < -0.4 is 5.32 Å². The Hall–Kier alpha value is -1.17. The van der Waals surface area contributed by atoms with E-state index in [1.54, 1.807) is 11.9 Å². The molecule has 0 radical (unpaired) electrons. The topological polar surface area (TPSA) is 45.2 Å². The lowest BCUT2D eigenvalue weighted by atomic mass is 10.4. The van der Waals surface area contributed by atoms with Gasteiger partial charge in [0.05, 0.1) is 6.54 Å². The molecule has 0 bridgehead atoms. The molecule has 1 N–H and O–H groups in total. The van der Waals surface area contributed by atoms with E-state index in [1.165, 1.54) is 12.3 Å². The molecule has 16 heavy (non-hydrogen) atoms. The highest BCUT2D eigenvalue weighted by atomic mass is 79.9. The zero-order chi connectivity index (χ0) is 12.1. The number of carbonyl (C=O) groups excluding carboxylic acids is 1. The highest BCUT2D eigenvalue weighted by Gasteiger charge is 2.09. The number of aromatic nitrogens is 1. The number of pyridine rings is 1. The number of hydrogen-bond acceptors (Lipinski definition) is 3. The molecule has 0 fully saturated rings. The van der Waals surface area contributed by atoms with E-state index in [0.29, 0.717) is 11.0 Å². The zero-order valence-electron chi connectivity index (χ0n) is 9.13. The third-order valence-corrected chi connectivity index (χ3v) is 2.55. The lowest BCUT2D eigenvalue weighted by Gasteiger charge is -2.15. The molecule has 0 aromatic carbocycles. The summed E-state index contributed by atoms with van der Waals surface area (Å²) in [7, 11) is 1.69. The molecule has 1 rings (SSSR count). The summed E-state index contributed by atoms with van der Waals surface area (Å²) >= 11 is 3.11. The minimum atomic E-state index is -0.485. The Labute approximate surface area is 102 Å². The van der Waals surface area contributed by atoms with Gasteiger partial charge < -0.3 is 10.2 Å². The fourth-order valence-corrected chi connectivity index (χ4v) is 1.32. The first-order valence-corrected chi connectivity index (χ1v) is 5.62. The molecule has 1 amide bonds. The van der Waals surface area contributed by atoms with E-state index in [9.17, 15) is 9.18 Å². The first kappa shape index (κ1) is 12.9. The van der Waals surface area contributed by atoms with Gasteiger partial charge in [-0.05, 0) is 28.9 Å². The molecular weight excluding hydrogens is 277 g/mol. The van der Waals surface area contributed by atoms with Crippen LogP contribution in [0.2, 0.25) is 0 Å². The van der Waals surface area contributed by atoms with Crippen LogP contribution in [0.5, 0.6) is 0 Å². The molecule has 6 heteroatoms. The van der Waals surface area contributed by atoms with Crippen LogP contribution in [-0.4, -0.2) is 35.9 Å². The summed E-state index contributed by atoms with van der Waals surface area (Å²) in [4.78, 5) is 16.8. The Morgan fingerprint density at radius 1 is 1.69 bits per heavy atom. The van der Waals surface area contributed by atoms with Crippen LogP contribution in [-0.2, 0) is 4.79 Å². The molecule has 0 saturated heterocycles. The van der Waals surface area contributed by atoms with Gasteiger partial charge in [-0.1, -0.05) is 0 Å². The summed E-state index contributed by atoms with van der Waals surface area (Å²) in [6, 6.07) is 1.29. The number of halogens is 2. The first-order chi connectivity index (χ1) is 7.54. The molecule has 4 nitrogen and oxygen atoms in total. The van der Waals surface area contributed by atoms with Crippen molar-refractivity contribution in [2.75, 3.05) is 25.5 Å². The molecule has 0 aliphatic rings. The van der Waals surface area contributed by atoms with Gasteiger partial charge in [-0.15, -0.1) is 0 Å². The molecule has 88 valence electrons. The second-order valence-corrected chi connectivity index (χ2v) is 4.16. The van der Waals surface area contributed by atoms with Crippen molar-refractivity contribution in [3.05, 3.63) is 22.6 Å². The number of anilines is 1. The number of amides is 1. The maximum absolute atomic E-state index is 13.3. The SMILES string of the molecule is CCN(C)C(=O)CNc1ncc(Br)cc1F. The lowest BCUT2D eigenvalue weighted by molar-refractivity contribution is -0.127. The van der Waals surface area contributed by atoms with Crippen LogP contribution in [0.4, 0.5) is 10.2 Å². The molecule has 0 unspecified atom stereocenters. The Bertz CT molecular complexity index is 386. The van der Waals surface area contributed by atoms with Crippen molar-refractivity contribution in [3.63, 3.8) is 0 Å². The van der Waals surface area contributed by atoms with Gasteiger partial charge in [-0.3, -0.25) is 4.79 Å². The summed E-state index contributed by atoms with van der Waals surface area (Å²) in [5.41, 5.74) is 0. The van der Waals surface area contributed by atoms with Gasteiger partial charge in [0.15, 0.2) is 11.6 Å². The number of hydrogen-bond donors (Lipinski definition) is 1. The summed E-state index contributed by atoms with van der Waals surface area (Å²) in [6.07, 6.45) is 1.47. The first-order valence-electron chi connectivity index (χ1n) is 4.83. The lowest BCUT2D eigenvalue weighted by Crippen LogP contribution is -2.32. The predicted octanol–water partition coefficient (Wildman–Crippen LogP) is 1.87. The van der Waals surface area contributed by atoms with E-state index in [4.69, 9.17) is 0 Å². The number of likely N-dealkylation sites (N-methyl/N-ethyl adjacent to an activating group) is 1. The third-order valence-electron chi connectivity index (χ3n) is 2.11. The Balaban J connectivity index is 2.58. The van der Waals surface area contributed by atoms with Gasteiger partial charge in [-0.25, -0.2) is 9.37 Å². The summed E-state index contributed by atoms with van der Waals surface area (Å²) < 4.78 is 13.9. The van der Waals surface area contributed by atoms with Crippen molar-refractivity contribution in [2.45, 2.75) is 6.92 Å². The molecule has 0 saturated carbocycles. The number of nitrogens with zero attached hydrogens (tertiary/aromatic N) is 2. The number of rotatable bonds is 4. The minimum absolute atomic E-state index is 0.0376. The van der Waals surface area contributed by atoms with Crippen molar-refractivity contribution in [3.8, 4) is 0 Å². The second kappa shape index (κ2) is 5.79. The average Bonchev–Trinajstić information content (AvgIpc) is 2.26. The van der Waals surface area contributed by atoms with E-state index in [2.05, 4.69) is 26.2 Å². The van der Waals surface area contributed by atoms with Gasteiger partial charge in [0.25, 0.3) is 0 Å². The Morgan fingerprint density at radius 3 is 2.94 bits per heavy atom. The van der Waals surface area contributed by atoms with Crippen molar-refractivity contribution < 1.29 is 9.18 Å². The van der Waals surface area contributed by atoms with Crippen LogP contribution in [0, 0.1) is 5.82 Å². The summed E-state index contributed by atoms with van der Waals surface area (Å²) in [5.74, 6) is -0.506. The molecule has 0 aliphatic heterocycles. The largest absolute Gasteiger partial charge is 0.359 e. The summed E-state index contributed by atoms with van der Waals surface area (Å²) in [6.45, 7) is 2.53. The number of carbonyl (C=O) groups is 1. The van der Waals surface area contributed by atoms with Crippen LogP contribution in [0.15, 0.2) is 16.7 Å². The standard InChI is InChI=1S/C10H13BrFN3O/c1-3-15(2)9(16)6-14-10-8(12)4-7(11)5-13-10/h4-5H,3,6H2,1-2H3,(H,13,14). The highest BCUT2D eigenvalue weighted by molar-refractivity contribution is 9.10. The van der Waals surface area contributed by atoms with E-state index in [1.807, 2.05) is 6.92 Å². The second-order valence-electron chi connectivity index (χ2n) is 3.25. The van der Waals surface area contributed by atoms with Crippen molar-refractivity contribution in [1.82, 2.24) is 9.88 Å². The molecule has 0 atom stereocenters. The molecule has 1 heterocycles. The van der Waals surface area contributed by atoms with Crippen molar-refractivity contribution >= 4 is 27.7 Å². The third kappa shape index (κ3) is 3.44. The zero-order valence-corrected chi connectivity index (χ0v) is 10.7. The van der Waals surface area contributed by atoms with Crippen LogP contribution in [0.25, 0.3) is 0 Å². The van der Waals surface area contributed by atoms with Crippen LogP contribution in [0.3, 0.4) is 0 Å². The average molecular weight is 290 g/mol. The predicted molar refractivity (Wildman–Crippen MR) is 63.7 cm³/mol. The number of nitrogens with one attached hydrogen (secondary N) is 1. The highest BCUT2D eigenvalue weighted by Crippen LogP contribution is 2.15. The van der Waals surface area contributed by atoms with E-state index in [-0.39, 0.29) is 18.3 Å².